The van der Waals surface area contributed by atoms with E-state index in [1.165, 1.54) is 0 Å². The van der Waals surface area contributed by atoms with Crippen molar-refractivity contribution in [2.24, 2.45) is 0 Å². The fourth-order valence-corrected chi connectivity index (χ4v) is 0.940. The van der Waals surface area contributed by atoms with Crippen LogP contribution in [0.5, 0.6) is 0 Å². The third kappa shape index (κ3) is 3.51. The van der Waals surface area contributed by atoms with Crippen molar-refractivity contribution in [2.75, 3.05) is 13.1 Å². The standard InChI is InChI=1S/C9H14N4O2/c1-3-5-10-6-7-12-8(13-15-7)9(14)11-4-2/h3,10H,1,4-6H2,2H3,(H,11,14). The number of rotatable bonds is 6. The molecule has 1 aromatic heterocycles. The Balaban J connectivity index is 2.48. The van der Waals surface area contributed by atoms with Crippen molar-refractivity contribution >= 4 is 5.91 Å². The highest BCUT2D eigenvalue weighted by atomic mass is 16.5. The Morgan fingerprint density at radius 2 is 2.47 bits per heavy atom. The molecule has 0 aliphatic rings. The summed E-state index contributed by atoms with van der Waals surface area (Å²) in [6, 6.07) is 0. The highest BCUT2D eigenvalue weighted by molar-refractivity contribution is 5.90. The van der Waals surface area contributed by atoms with E-state index >= 15 is 0 Å². The number of nitrogens with one attached hydrogen (secondary N) is 2. The monoisotopic (exact) mass is 210 g/mol. The van der Waals surface area contributed by atoms with Crippen LogP contribution in [0.1, 0.15) is 23.4 Å². The van der Waals surface area contributed by atoms with Gasteiger partial charge in [0.25, 0.3) is 11.7 Å². The minimum Gasteiger partial charge on any atom is -0.349 e. The molecule has 0 spiro atoms. The van der Waals surface area contributed by atoms with Gasteiger partial charge in [-0.3, -0.25) is 4.79 Å². The normalized spacial score (nSPS) is 9.93. The molecular weight excluding hydrogens is 196 g/mol. The second-order valence-electron chi connectivity index (χ2n) is 2.79. The van der Waals surface area contributed by atoms with Crippen molar-refractivity contribution < 1.29 is 9.32 Å². The molecule has 1 amide bonds. The van der Waals surface area contributed by atoms with Crippen molar-refractivity contribution in [3.8, 4) is 0 Å². The third-order valence-corrected chi connectivity index (χ3v) is 1.57. The lowest BCUT2D eigenvalue weighted by atomic mass is 10.5. The van der Waals surface area contributed by atoms with Crippen molar-refractivity contribution in [1.82, 2.24) is 20.8 Å². The quantitative estimate of drug-likeness (QED) is 0.514. The maximum absolute atomic E-state index is 11.3. The number of hydrogen-bond acceptors (Lipinski definition) is 5. The van der Waals surface area contributed by atoms with Gasteiger partial charge in [-0.1, -0.05) is 11.2 Å². The summed E-state index contributed by atoms with van der Waals surface area (Å²) in [7, 11) is 0. The molecule has 6 nitrogen and oxygen atoms in total. The molecule has 6 heteroatoms. The minimum atomic E-state index is -0.323. The average Bonchev–Trinajstić information content (AvgIpc) is 2.67. The van der Waals surface area contributed by atoms with Crippen LogP contribution in [0.25, 0.3) is 0 Å². The van der Waals surface area contributed by atoms with Crippen LogP contribution in [0.15, 0.2) is 17.2 Å². The van der Waals surface area contributed by atoms with Gasteiger partial charge in [0.1, 0.15) is 0 Å². The summed E-state index contributed by atoms with van der Waals surface area (Å²) in [6.07, 6.45) is 1.72. The smallest absolute Gasteiger partial charge is 0.292 e. The van der Waals surface area contributed by atoms with E-state index in [2.05, 4.69) is 27.4 Å². The Hall–Kier alpha value is -1.69. The number of amides is 1. The fourth-order valence-electron chi connectivity index (χ4n) is 0.940. The maximum Gasteiger partial charge on any atom is 0.292 e. The lowest BCUT2D eigenvalue weighted by Crippen LogP contribution is -2.24. The molecule has 1 rings (SSSR count). The molecule has 1 aromatic rings. The highest BCUT2D eigenvalue weighted by Gasteiger charge is 2.12. The van der Waals surface area contributed by atoms with Crippen molar-refractivity contribution in [3.05, 3.63) is 24.4 Å². The van der Waals surface area contributed by atoms with Crippen LogP contribution in [0.4, 0.5) is 0 Å². The molecule has 0 saturated carbocycles. The first kappa shape index (κ1) is 11.4. The number of carbonyl (C=O) groups is 1. The van der Waals surface area contributed by atoms with Crippen LogP contribution in [0.2, 0.25) is 0 Å². The van der Waals surface area contributed by atoms with Crippen LogP contribution in [-0.2, 0) is 6.54 Å². The Morgan fingerprint density at radius 1 is 1.67 bits per heavy atom. The zero-order chi connectivity index (χ0) is 11.1. The van der Waals surface area contributed by atoms with E-state index < -0.39 is 0 Å². The molecule has 15 heavy (non-hydrogen) atoms. The van der Waals surface area contributed by atoms with Crippen LogP contribution in [0.3, 0.4) is 0 Å². The van der Waals surface area contributed by atoms with Crippen LogP contribution in [-0.4, -0.2) is 29.1 Å². The van der Waals surface area contributed by atoms with Gasteiger partial charge in [-0.25, -0.2) is 0 Å². The van der Waals surface area contributed by atoms with Gasteiger partial charge in [0.05, 0.1) is 6.54 Å². The van der Waals surface area contributed by atoms with Crippen LogP contribution < -0.4 is 10.6 Å². The van der Waals surface area contributed by atoms with E-state index in [4.69, 9.17) is 4.52 Å². The lowest BCUT2D eigenvalue weighted by Gasteiger charge is -1.94. The summed E-state index contributed by atoms with van der Waals surface area (Å²) in [6.45, 7) is 7.00. The second-order valence-corrected chi connectivity index (χ2v) is 2.79. The third-order valence-electron chi connectivity index (χ3n) is 1.57. The van der Waals surface area contributed by atoms with E-state index in [0.29, 0.717) is 25.5 Å². The zero-order valence-electron chi connectivity index (χ0n) is 8.62. The first-order valence-corrected chi connectivity index (χ1v) is 4.70. The van der Waals surface area contributed by atoms with Crippen molar-refractivity contribution in [2.45, 2.75) is 13.5 Å². The lowest BCUT2D eigenvalue weighted by molar-refractivity contribution is 0.0942. The largest absolute Gasteiger partial charge is 0.349 e. The maximum atomic E-state index is 11.3. The molecule has 82 valence electrons. The Bertz CT molecular complexity index is 335. The Kier molecular flexibility index (Phi) is 4.49. The molecule has 0 bridgehead atoms. The Labute approximate surface area is 87.7 Å². The zero-order valence-corrected chi connectivity index (χ0v) is 8.62. The van der Waals surface area contributed by atoms with Crippen molar-refractivity contribution in [3.63, 3.8) is 0 Å². The molecule has 0 radical (unpaired) electrons. The van der Waals surface area contributed by atoms with E-state index in [-0.39, 0.29) is 11.7 Å². The summed E-state index contributed by atoms with van der Waals surface area (Å²) in [5.74, 6) is 0.126. The van der Waals surface area contributed by atoms with E-state index in [9.17, 15) is 4.79 Å². The molecule has 0 aromatic carbocycles. The van der Waals surface area contributed by atoms with Gasteiger partial charge in [0.15, 0.2) is 0 Å². The molecule has 0 aliphatic heterocycles. The topological polar surface area (TPSA) is 80.0 Å². The van der Waals surface area contributed by atoms with Gasteiger partial charge in [0.2, 0.25) is 5.89 Å². The molecule has 0 fully saturated rings. The Morgan fingerprint density at radius 3 is 3.13 bits per heavy atom. The molecule has 0 unspecified atom stereocenters. The number of nitrogens with zero attached hydrogens (tertiary/aromatic N) is 2. The summed E-state index contributed by atoms with van der Waals surface area (Å²) in [5, 5.41) is 9.12. The summed E-state index contributed by atoms with van der Waals surface area (Å²) in [4.78, 5) is 15.2. The van der Waals surface area contributed by atoms with Gasteiger partial charge < -0.3 is 15.2 Å². The van der Waals surface area contributed by atoms with Gasteiger partial charge in [-0.2, -0.15) is 4.98 Å². The predicted molar refractivity (Wildman–Crippen MR) is 54.2 cm³/mol. The van der Waals surface area contributed by atoms with Crippen molar-refractivity contribution in [1.29, 1.82) is 0 Å². The van der Waals surface area contributed by atoms with E-state index in [1.807, 2.05) is 6.92 Å². The average molecular weight is 210 g/mol. The molecule has 1 heterocycles. The van der Waals surface area contributed by atoms with Gasteiger partial charge >= 0.3 is 0 Å². The van der Waals surface area contributed by atoms with Gasteiger partial charge in [-0.05, 0) is 6.92 Å². The predicted octanol–water partition coefficient (Wildman–Crippen LogP) is 0.0949. The molecule has 0 aliphatic carbocycles. The summed E-state index contributed by atoms with van der Waals surface area (Å²) >= 11 is 0. The van der Waals surface area contributed by atoms with Crippen LogP contribution >= 0.6 is 0 Å². The highest BCUT2D eigenvalue weighted by Crippen LogP contribution is 1.96. The SMILES string of the molecule is C=CCNCc1nc(C(=O)NCC)no1. The fraction of sp³-hybridized carbons (Fsp3) is 0.444. The number of aromatic nitrogens is 2. The number of carbonyl (C=O) groups excluding carboxylic acids is 1. The molecule has 2 N–H and O–H groups in total. The van der Waals surface area contributed by atoms with E-state index in [0.717, 1.165) is 0 Å². The number of hydrogen-bond donors (Lipinski definition) is 2. The first-order chi connectivity index (χ1) is 7.27. The van der Waals surface area contributed by atoms with Gasteiger partial charge in [-0.15, -0.1) is 6.58 Å². The molecule has 0 atom stereocenters. The summed E-state index contributed by atoms with van der Waals surface area (Å²) < 4.78 is 4.86. The summed E-state index contributed by atoms with van der Waals surface area (Å²) in [5.41, 5.74) is 0. The molecular formula is C9H14N4O2. The first-order valence-electron chi connectivity index (χ1n) is 4.70. The minimum absolute atomic E-state index is 0.0623. The van der Waals surface area contributed by atoms with Crippen LogP contribution in [0, 0.1) is 0 Å². The molecule has 0 saturated heterocycles. The van der Waals surface area contributed by atoms with Gasteiger partial charge in [0, 0.05) is 13.1 Å². The second kappa shape index (κ2) is 5.92. The van der Waals surface area contributed by atoms with E-state index in [1.54, 1.807) is 6.08 Å².